The lowest BCUT2D eigenvalue weighted by molar-refractivity contribution is 0.345. The van der Waals surface area contributed by atoms with Crippen molar-refractivity contribution in [3.63, 3.8) is 0 Å². The van der Waals surface area contributed by atoms with Gasteiger partial charge in [0, 0.05) is 18.1 Å². The molecule has 5 nitrogen and oxygen atoms in total. The maximum Gasteiger partial charge on any atom is 0.244 e. The molecule has 25 heavy (non-hydrogen) atoms. The molecule has 0 aliphatic carbocycles. The number of nitrogens with zero attached hydrogens (tertiary/aromatic N) is 1. The van der Waals surface area contributed by atoms with E-state index in [2.05, 4.69) is 0 Å². The summed E-state index contributed by atoms with van der Waals surface area (Å²) in [6, 6.07) is 2.88. The van der Waals surface area contributed by atoms with Crippen molar-refractivity contribution in [3.8, 4) is 0 Å². The van der Waals surface area contributed by atoms with Crippen LogP contribution in [0.2, 0.25) is 10.0 Å². The van der Waals surface area contributed by atoms with E-state index in [-0.39, 0.29) is 34.7 Å². The predicted molar refractivity (Wildman–Crippen MR) is 102 cm³/mol. The van der Waals surface area contributed by atoms with Gasteiger partial charge in [0.25, 0.3) is 0 Å². The molecule has 0 atom stereocenters. The average Bonchev–Trinajstić information content (AvgIpc) is 2.49. The van der Waals surface area contributed by atoms with Crippen molar-refractivity contribution in [2.24, 2.45) is 5.92 Å². The number of sulfone groups is 1. The van der Waals surface area contributed by atoms with Gasteiger partial charge in [-0.25, -0.2) is 16.8 Å². The second kappa shape index (κ2) is 7.72. The quantitative estimate of drug-likeness (QED) is 0.720. The topological polar surface area (TPSA) is 71.5 Å². The third-order valence-electron chi connectivity index (χ3n) is 4.31. The van der Waals surface area contributed by atoms with E-state index in [9.17, 15) is 16.8 Å². The number of aryl methyl sites for hydroxylation is 1. The summed E-state index contributed by atoms with van der Waals surface area (Å²) in [5.41, 5.74) is 0.624. The van der Waals surface area contributed by atoms with Gasteiger partial charge < -0.3 is 0 Å². The first-order chi connectivity index (χ1) is 11.4. The normalized spacial score (nSPS) is 18.0. The molecule has 0 saturated carbocycles. The SMILES string of the molecule is Cc1cc(S(=O)(=O)N2CCC(S(=O)(=O)CC(C)C)CC2)c(Cl)cc1Cl. The Morgan fingerprint density at radius 1 is 1.08 bits per heavy atom. The first-order valence-electron chi connectivity index (χ1n) is 8.12. The Balaban J connectivity index is 2.19. The lowest BCUT2D eigenvalue weighted by atomic mass is 10.2. The Morgan fingerprint density at radius 3 is 2.16 bits per heavy atom. The number of halogens is 2. The summed E-state index contributed by atoms with van der Waals surface area (Å²) in [6.07, 6.45) is 0.608. The molecule has 2 rings (SSSR count). The lowest BCUT2D eigenvalue weighted by Crippen LogP contribution is -2.43. The largest absolute Gasteiger partial charge is 0.244 e. The first-order valence-corrected chi connectivity index (χ1v) is 12.0. The Kier molecular flexibility index (Phi) is 6.48. The van der Waals surface area contributed by atoms with Crippen LogP contribution in [-0.2, 0) is 19.9 Å². The highest BCUT2D eigenvalue weighted by Gasteiger charge is 2.36. The van der Waals surface area contributed by atoms with Crippen LogP contribution in [0.1, 0.15) is 32.3 Å². The van der Waals surface area contributed by atoms with Crippen LogP contribution in [0.3, 0.4) is 0 Å². The molecular formula is C16H23Cl2NO4S2. The molecule has 0 spiro atoms. The van der Waals surface area contributed by atoms with Crippen LogP contribution < -0.4 is 0 Å². The third kappa shape index (κ3) is 4.69. The van der Waals surface area contributed by atoms with Crippen molar-refractivity contribution in [2.45, 2.75) is 43.8 Å². The van der Waals surface area contributed by atoms with Gasteiger partial charge in [0.1, 0.15) is 4.90 Å². The van der Waals surface area contributed by atoms with Crippen molar-refractivity contribution < 1.29 is 16.8 Å². The van der Waals surface area contributed by atoms with Crippen LogP contribution >= 0.6 is 23.2 Å². The van der Waals surface area contributed by atoms with Crippen molar-refractivity contribution in [3.05, 3.63) is 27.7 Å². The summed E-state index contributed by atoms with van der Waals surface area (Å²) >= 11 is 12.1. The zero-order valence-corrected chi connectivity index (χ0v) is 17.6. The van der Waals surface area contributed by atoms with Gasteiger partial charge >= 0.3 is 0 Å². The van der Waals surface area contributed by atoms with E-state index in [0.717, 1.165) is 0 Å². The molecule has 0 amide bonds. The summed E-state index contributed by atoms with van der Waals surface area (Å²) in [5.74, 6) is 0.190. The summed E-state index contributed by atoms with van der Waals surface area (Å²) < 4.78 is 51.7. The van der Waals surface area contributed by atoms with Gasteiger partial charge in [-0.05, 0) is 43.4 Å². The maximum atomic E-state index is 12.9. The monoisotopic (exact) mass is 427 g/mol. The minimum Gasteiger partial charge on any atom is -0.229 e. The molecule has 1 heterocycles. The highest BCUT2D eigenvalue weighted by atomic mass is 35.5. The van der Waals surface area contributed by atoms with E-state index in [1.807, 2.05) is 13.8 Å². The fraction of sp³-hybridized carbons (Fsp3) is 0.625. The van der Waals surface area contributed by atoms with Gasteiger partial charge in [-0.3, -0.25) is 0 Å². The smallest absolute Gasteiger partial charge is 0.229 e. The van der Waals surface area contributed by atoms with Gasteiger partial charge in [0.2, 0.25) is 10.0 Å². The van der Waals surface area contributed by atoms with Crippen LogP contribution in [0, 0.1) is 12.8 Å². The number of sulfonamides is 1. The molecule has 0 radical (unpaired) electrons. The van der Waals surface area contributed by atoms with Crippen molar-refractivity contribution >= 4 is 43.1 Å². The van der Waals surface area contributed by atoms with Crippen LogP contribution in [0.15, 0.2) is 17.0 Å². The zero-order valence-electron chi connectivity index (χ0n) is 14.5. The predicted octanol–water partition coefficient (Wildman–Crippen LogP) is 3.53. The molecule has 0 unspecified atom stereocenters. The van der Waals surface area contributed by atoms with Gasteiger partial charge in [-0.15, -0.1) is 0 Å². The molecule has 1 saturated heterocycles. The lowest BCUT2D eigenvalue weighted by Gasteiger charge is -2.31. The van der Waals surface area contributed by atoms with E-state index in [1.165, 1.54) is 16.4 Å². The minimum atomic E-state index is -3.78. The molecule has 0 aromatic heterocycles. The number of rotatable bonds is 5. The second-order valence-corrected chi connectivity index (χ2v) is 11.9. The highest BCUT2D eigenvalue weighted by molar-refractivity contribution is 7.92. The summed E-state index contributed by atoms with van der Waals surface area (Å²) in [7, 11) is -6.98. The summed E-state index contributed by atoms with van der Waals surface area (Å²) in [6.45, 7) is 5.77. The maximum absolute atomic E-state index is 12.9. The molecule has 1 aromatic carbocycles. The van der Waals surface area contributed by atoms with Gasteiger partial charge in [-0.2, -0.15) is 4.31 Å². The van der Waals surface area contributed by atoms with Crippen LogP contribution in [0.4, 0.5) is 0 Å². The molecule has 9 heteroatoms. The standard InChI is InChI=1S/C16H23Cl2NO4S2/c1-11(2)10-24(20,21)13-4-6-19(7-5-13)25(22,23)16-8-12(3)14(17)9-15(16)18/h8-9,11,13H,4-7,10H2,1-3H3. The highest BCUT2D eigenvalue weighted by Crippen LogP contribution is 2.32. The molecular weight excluding hydrogens is 405 g/mol. The minimum absolute atomic E-state index is 0.0135. The van der Waals surface area contributed by atoms with Crippen molar-refractivity contribution in [1.82, 2.24) is 4.31 Å². The number of hydrogen-bond acceptors (Lipinski definition) is 4. The van der Waals surface area contributed by atoms with Crippen molar-refractivity contribution in [1.29, 1.82) is 0 Å². The van der Waals surface area contributed by atoms with E-state index >= 15 is 0 Å². The Morgan fingerprint density at radius 2 is 1.64 bits per heavy atom. The number of piperidine rings is 1. The van der Waals surface area contributed by atoms with Crippen LogP contribution in [0.25, 0.3) is 0 Å². The summed E-state index contributed by atoms with van der Waals surface area (Å²) in [5, 5.41) is -0.00337. The van der Waals surface area contributed by atoms with Gasteiger partial charge in [-0.1, -0.05) is 37.0 Å². The average molecular weight is 428 g/mol. The Hall–Kier alpha value is -0.340. The summed E-state index contributed by atoms with van der Waals surface area (Å²) in [4.78, 5) is 0.0135. The van der Waals surface area contributed by atoms with E-state index in [0.29, 0.717) is 23.4 Å². The molecule has 142 valence electrons. The van der Waals surface area contributed by atoms with Gasteiger partial charge in [0.05, 0.1) is 16.0 Å². The fourth-order valence-corrected chi connectivity index (χ4v) is 7.41. The van der Waals surface area contributed by atoms with Crippen LogP contribution in [0.5, 0.6) is 0 Å². The van der Waals surface area contributed by atoms with E-state index in [1.54, 1.807) is 6.92 Å². The first kappa shape index (κ1) is 21.0. The molecule has 0 N–H and O–H groups in total. The Labute approximate surface area is 160 Å². The van der Waals surface area contributed by atoms with Gasteiger partial charge in [0.15, 0.2) is 9.84 Å². The molecule has 1 aliphatic heterocycles. The van der Waals surface area contributed by atoms with Crippen molar-refractivity contribution in [2.75, 3.05) is 18.8 Å². The number of benzene rings is 1. The fourth-order valence-electron chi connectivity index (χ4n) is 3.00. The molecule has 1 fully saturated rings. The second-order valence-electron chi connectivity index (χ2n) is 6.86. The number of hydrogen-bond donors (Lipinski definition) is 0. The zero-order chi connectivity index (χ0) is 19.0. The molecule has 1 aromatic rings. The van der Waals surface area contributed by atoms with E-state index in [4.69, 9.17) is 23.2 Å². The Bertz CT molecular complexity index is 843. The molecule has 1 aliphatic rings. The van der Waals surface area contributed by atoms with Crippen LogP contribution in [-0.4, -0.2) is 45.2 Å². The molecule has 0 bridgehead atoms. The third-order valence-corrected chi connectivity index (χ3v) is 9.69. The van der Waals surface area contributed by atoms with E-state index < -0.39 is 25.1 Å².